The molecular weight excluding hydrogens is 248 g/mol. The van der Waals surface area contributed by atoms with Gasteiger partial charge in [0.05, 0.1) is 18.2 Å². The van der Waals surface area contributed by atoms with Crippen LogP contribution in [0.1, 0.15) is 11.1 Å². The fraction of sp³-hybridized carbons (Fsp3) is 0.0625. The Balaban J connectivity index is 2.01. The van der Waals surface area contributed by atoms with E-state index in [2.05, 4.69) is 28.3 Å². The van der Waals surface area contributed by atoms with Gasteiger partial charge in [-0.2, -0.15) is 10.4 Å². The Kier molecular flexibility index (Phi) is 3.25. The van der Waals surface area contributed by atoms with Crippen LogP contribution in [0.2, 0.25) is 0 Å². The van der Waals surface area contributed by atoms with Crippen molar-refractivity contribution < 1.29 is 0 Å². The van der Waals surface area contributed by atoms with E-state index in [1.54, 1.807) is 11.0 Å². The van der Waals surface area contributed by atoms with Gasteiger partial charge in [-0.25, -0.2) is 9.67 Å². The molecule has 1 heterocycles. The molecule has 0 spiro atoms. The number of aromatic nitrogens is 3. The zero-order valence-corrected chi connectivity index (χ0v) is 10.8. The molecule has 96 valence electrons. The average molecular weight is 260 g/mol. The van der Waals surface area contributed by atoms with Crippen molar-refractivity contribution in [3.8, 4) is 17.2 Å². The maximum absolute atomic E-state index is 9.21. The molecule has 0 N–H and O–H groups in total. The number of hydrogen-bond acceptors (Lipinski definition) is 3. The van der Waals surface area contributed by atoms with Gasteiger partial charge in [-0.15, -0.1) is 0 Å². The summed E-state index contributed by atoms with van der Waals surface area (Å²) in [5, 5.41) is 13.3. The van der Waals surface area contributed by atoms with E-state index < -0.39 is 0 Å². The maximum atomic E-state index is 9.21. The first-order valence-corrected chi connectivity index (χ1v) is 6.27. The standard InChI is InChI=1S/C16H12N4/c17-9-15-7-6-14(13-4-2-1-3-5-13)8-16(15)10-20-12-18-11-19-20/h1-8,11-12H,10H2. The van der Waals surface area contributed by atoms with E-state index in [0.29, 0.717) is 12.1 Å². The molecule has 0 aliphatic rings. The van der Waals surface area contributed by atoms with Crippen LogP contribution >= 0.6 is 0 Å². The second kappa shape index (κ2) is 5.37. The van der Waals surface area contributed by atoms with Crippen LogP contribution in [0.25, 0.3) is 11.1 Å². The zero-order valence-electron chi connectivity index (χ0n) is 10.8. The van der Waals surface area contributed by atoms with Gasteiger partial charge in [0.15, 0.2) is 0 Å². The van der Waals surface area contributed by atoms with E-state index in [0.717, 1.165) is 16.7 Å². The van der Waals surface area contributed by atoms with Crippen molar-refractivity contribution in [2.24, 2.45) is 0 Å². The molecule has 0 saturated carbocycles. The smallest absolute Gasteiger partial charge is 0.137 e. The lowest BCUT2D eigenvalue weighted by Gasteiger charge is -2.08. The molecule has 0 bridgehead atoms. The van der Waals surface area contributed by atoms with Crippen LogP contribution in [-0.2, 0) is 6.54 Å². The summed E-state index contributed by atoms with van der Waals surface area (Å²) >= 11 is 0. The van der Waals surface area contributed by atoms with E-state index in [1.807, 2.05) is 36.4 Å². The lowest BCUT2D eigenvalue weighted by atomic mass is 9.99. The molecule has 0 atom stereocenters. The van der Waals surface area contributed by atoms with Crippen LogP contribution in [-0.4, -0.2) is 14.8 Å². The van der Waals surface area contributed by atoms with Crippen LogP contribution in [0, 0.1) is 11.3 Å². The lowest BCUT2D eigenvalue weighted by molar-refractivity contribution is 0.684. The molecular formula is C16H12N4. The van der Waals surface area contributed by atoms with E-state index in [1.165, 1.54) is 6.33 Å². The summed E-state index contributed by atoms with van der Waals surface area (Å²) in [5.74, 6) is 0. The normalized spacial score (nSPS) is 10.2. The first-order chi connectivity index (χ1) is 9.86. The molecule has 1 aromatic heterocycles. The Morgan fingerprint density at radius 2 is 1.90 bits per heavy atom. The second-order valence-corrected chi connectivity index (χ2v) is 4.44. The summed E-state index contributed by atoms with van der Waals surface area (Å²) in [7, 11) is 0. The molecule has 3 aromatic rings. The molecule has 0 unspecified atom stereocenters. The molecule has 0 aliphatic carbocycles. The highest BCUT2D eigenvalue weighted by atomic mass is 15.3. The highest BCUT2D eigenvalue weighted by Crippen LogP contribution is 2.22. The molecule has 2 aromatic carbocycles. The number of hydrogen-bond donors (Lipinski definition) is 0. The van der Waals surface area contributed by atoms with Gasteiger partial charge in [-0.3, -0.25) is 0 Å². The first-order valence-electron chi connectivity index (χ1n) is 6.27. The van der Waals surface area contributed by atoms with Gasteiger partial charge < -0.3 is 0 Å². The number of benzene rings is 2. The third-order valence-corrected chi connectivity index (χ3v) is 3.13. The van der Waals surface area contributed by atoms with Gasteiger partial charge in [0, 0.05) is 0 Å². The molecule has 0 fully saturated rings. The molecule has 4 heteroatoms. The Bertz CT molecular complexity index is 740. The summed E-state index contributed by atoms with van der Waals surface area (Å²) in [6.45, 7) is 0.545. The van der Waals surface area contributed by atoms with Crippen molar-refractivity contribution in [2.45, 2.75) is 6.54 Å². The Morgan fingerprint density at radius 3 is 2.60 bits per heavy atom. The molecule has 4 nitrogen and oxygen atoms in total. The molecule has 3 rings (SSSR count). The predicted molar refractivity (Wildman–Crippen MR) is 75.7 cm³/mol. The Hall–Kier alpha value is -2.93. The van der Waals surface area contributed by atoms with E-state index in [9.17, 15) is 5.26 Å². The van der Waals surface area contributed by atoms with Crippen LogP contribution < -0.4 is 0 Å². The van der Waals surface area contributed by atoms with E-state index in [4.69, 9.17) is 0 Å². The van der Waals surface area contributed by atoms with Crippen molar-refractivity contribution in [3.63, 3.8) is 0 Å². The zero-order chi connectivity index (χ0) is 13.8. The fourth-order valence-electron chi connectivity index (χ4n) is 2.13. The molecule has 0 aliphatic heterocycles. The van der Waals surface area contributed by atoms with Crippen molar-refractivity contribution in [1.29, 1.82) is 5.26 Å². The van der Waals surface area contributed by atoms with Crippen molar-refractivity contribution >= 4 is 0 Å². The topological polar surface area (TPSA) is 54.5 Å². The first kappa shape index (κ1) is 12.1. The number of nitriles is 1. The minimum Gasteiger partial charge on any atom is -0.249 e. The minimum absolute atomic E-state index is 0.545. The number of rotatable bonds is 3. The quantitative estimate of drug-likeness (QED) is 0.727. The summed E-state index contributed by atoms with van der Waals surface area (Å²) in [5.41, 5.74) is 3.84. The van der Waals surface area contributed by atoms with Crippen LogP contribution in [0.15, 0.2) is 61.2 Å². The molecule has 0 amide bonds. The SMILES string of the molecule is N#Cc1ccc(-c2ccccc2)cc1Cn1cncn1. The average Bonchev–Trinajstić information content (AvgIpc) is 3.01. The summed E-state index contributed by atoms with van der Waals surface area (Å²) < 4.78 is 1.71. The van der Waals surface area contributed by atoms with Crippen LogP contribution in [0.3, 0.4) is 0 Å². The molecule has 0 radical (unpaired) electrons. The minimum atomic E-state index is 0.545. The van der Waals surface area contributed by atoms with Gasteiger partial charge >= 0.3 is 0 Å². The van der Waals surface area contributed by atoms with E-state index in [-0.39, 0.29) is 0 Å². The van der Waals surface area contributed by atoms with Crippen molar-refractivity contribution in [3.05, 3.63) is 72.3 Å². The molecule has 0 saturated heterocycles. The lowest BCUT2D eigenvalue weighted by Crippen LogP contribution is -2.02. The van der Waals surface area contributed by atoms with Gasteiger partial charge in [0.2, 0.25) is 0 Å². The Morgan fingerprint density at radius 1 is 1.05 bits per heavy atom. The highest BCUT2D eigenvalue weighted by molar-refractivity contribution is 5.65. The largest absolute Gasteiger partial charge is 0.249 e. The fourth-order valence-corrected chi connectivity index (χ4v) is 2.13. The predicted octanol–water partition coefficient (Wildman–Crippen LogP) is 2.87. The number of nitrogens with zero attached hydrogens (tertiary/aromatic N) is 4. The summed E-state index contributed by atoms with van der Waals surface area (Å²) in [6.07, 6.45) is 3.14. The summed E-state index contributed by atoms with van der Waals surface area (Å²) in [6, 6.07) is 18.2. The van der Waals surface area contributed by atoms with Crippen molar-refractivity contribution in [2.75, 3.05) is 0 Å². The Labute approximate surface area is 116 Å². The third-order valence-electron chi connectivity index (χ3n) is 3.13. The third kappa shape index (κ3) is 2.43. The molecule has 20 heavy (non-hydrogen) atoms. The van der Waals surface area contributed by atoms with Gasteiger partial charge in [0.1, 0.15) is 12.7 Å². The van der Waals surface area contributed by atoms with E-state index >= 15 is 0 Å². The summed E-state index contributed by atoms with van der Waals surface area (Å²) in [4.78, 5) is 3.92. The van der Waals surface area contributed by atoms with Crippen LogP contribution in [0.5, 0.6) is 0 Å². The van der Waals surface area contributed by atoms with Gasteiger partial charge in [0.25, 0.3) is 0 Å². The maximum Gasteiger partial charge on any atom is 0.137 e. The van der Waals surface area contributed by atoms with Crippen LogP contribution in [0.4, 0.5) is 0 Å². The van der Waals surface area contributed by atoms with Crippen molar-refractivity contribution in [1.82, 2.24) is 14.8 Å². The van der Waals surface area contributed by atoms with Gasteiger partial charge in [-0.05, 0) is 28.8 Å². The highest BCUT2D eigenvalue weighted by Gasteiger charge is 2.06. The van der Waals surface area contributed by atoms with Gasteiger partial charge in [-0.1, -0.05) is 36.4 Å². The monoisotopic (exact) mass is 260 g/mol. The second-order valence-electron chi connectivity index (χ2n) is 4.44.